The molecule has 2 N–H and O–H groups in total. The SMILES string of the molecule is COc1ccccc1-n1nc(C(=O)Nc2ccc(CN3CCN(C)CC3)cc2)c(O)cc1=O. The molecule has 2 aromatic carbocycles. The topological polar surface area (TPSA) is 99.9 Å². The van der Waals surface area contributed by atoms with Crippen molar-refractivity contribution in [1.82, 2.24) is 19.6 Å². The fraction of sp³-hybridized carbons (Fsp3) is 0.292. The number of carbonyl (C=O) groups is 1. The van der Waals surface area contributed by atoms with Crippen molar-refractivity contribution < 1.29 is 14.6 Å². The second-order valence-electron chi connectivity index (χ2n) is 8.03. The molecule has 1 amide bonds. The minimum Gasteiger partial charge on any atom is -0.505 e. The Morgan fingerprint density at radius 3 is 2.48 bits per heavy atom. The molecule has 1 aromatic heterocycles. The molecule has 0 spiro atoms. The van der Waals surface area contributed by atoms with Gasteiger partial charge in [-0.3, -0.25) is 14.5 Å². The van der Waals surface area contributed by atoms with Crippen molar-refractivity contribution in [3.8, 4) is 17.2 Å². The molecular formula is C24H27N5O4. The van der Waals surface area contributed by atoms with Gasteiger partial charge in [0.1, 0.15) is 11.4 Å². The number of nitrogens with zero attached hydrogens (tertiary/aromatic N) is 4. The first-order valence-corrected chi connectivity index (χ1v) is 10.7. The second kappa shape index (κ2) is 9.85. The molecule has 33 heavy (non-hydrogen) atoms. The lowest BCUT2D eigenvalue weighted by atomic mass is 10.1. The summed E-state index contributed by atoms with van der Waals surface area (Å²) in [5.41, 5.74) is 1.25. The Balaban J connectivity index is 1.50. The zero-order valence-electron chi connectivity index (χ0n) is 18.7. The van der Waals surface area contributed by atoms with E-state index in [0.717, 1.165) is 49.0 Å². The van der Waals surface area contributed by atoms with E-state index >= 15 is 0 Å². The molecule has 0 aliphatic carbocycles. The van der Waals surface area contributed by atoms with Crippen LogP contribution >= 0.6 is 0 Å². The van der Waals surface area contributed by atoms with Crippen LogP contribution in [0.25, 0.3) is 5.69 Å². The van der Waals surface area contributed by atoms with Gasteiger partial charge in [0.15, 0.2) is 11.4 Å². The summed E-state index contributed by atoms with van der Waals surface area (Å²) in [6, 6.07) is 15.3. The number of anilines is 1. The van der Waals surface area contributed by atoms with Crippen LogP contribution < -0.4 is 15.6 Å². The second-order valence-corrected chi connectivity index (χ2v) is 8.03. The van der Waals surface area contributed by atoms with Gasteiger partial charge in [0.25, 0.3) is 11.5 Å². The van der Waals surface area contributed by atoms with Crippen LogP contribution in [0.15, 0.2) is 59.4 Å². The highest BCUT2D eigenvalue weighted by Crippen LogP contribution is 2.22. The predicted molar refractivity (Wildman–Crippen MR) is 125 cm³/mol. The van der Waals surface area contributed by atoms with E-state index < -0.39 is 17.2 Å². The Labute approximate surface area is 191 Å². The maximum absolute atomic E-state index is 12.8. The van der Waals surface area contributed by atoms with E-state index in [4.69, 9.17) is 4.74 Å². The largest absolute Gasteiger partial charge is 0.505 e. The van der Waals surface area contributed by atoms with Crippen molar-refractivity contribution in [3.05, 3.63) is 76.2 Å². The average molecular weight is 450 g/mol. The molecular weight excluding hydrogens is 422 g/mol. The van der Waals surface area contributed by atoms with E-state index in [9.17, 15) is 14.7 Å². The summed E-state index contributed by atoms with van der Waals surface area (Å²) in [5, 5.41) is 17.0. The number of nitrogens with one attached hydrogen (secondary N) is 1. The number of piperazine rings is 1. The van der Waals surface area contributed by atoms with Gasteiger partial charge in [-0.15, -0.1) is 0 Å². The summed E-state index contributed by atoms with van der Waals surface area (Å²) in [6.07, 6.45) is 0. The quantitative estimate of drug-likeness (QED) is 0.593. The Bertz CT molecular complexity index is 1180. The highest BCUT2D eigenvalue weighted by Gasteiger charge is 2.19. The molecule has 0 radical (unpaired) electrons. The van der Waals surface area contributed by atoms with E-state index in [0.29, 0.717) is 17.1 Å². The summed E-state index contributed by atoms with van der Waals surface area (Å²) in [7, 11) is 3.61. The average Bonchev–Trinajstić information content (AvgIpc) is 2.82. The van der Waals surface area contributed by atoms with E-state index in [1.54, 1.807) is 24.3 Å². The summed E-state index contributed by atoms with van der Waals surface area (Å²) < 4.78 is 6.32. The Kier molecular flexibility index (Phi) is 6.71. The lowest BCUT2D eigenvalue weighted by molar-refractivity contribution is 0.101. The first kappa shape index (κ1) is 22.5. The van der Waals surface area contributed by atoms with Crippen molar-refractivity contribution in [2.24, 2.45) is 0 Å². The monoisotopic (exact) mass is 449 g/mol. The van der Waals surface area contributed by atoms with Gasteiger partial charge in [-0.05, 0) is 36.9 Å². The van der Waals surface area contributed by atoms with E-state index in [1.807, 2.05) is 24.3 Å². The van der Waals surface area contributed by atoms with Crippen molar-refractivity contribution in [1.29, 1.82) is 0 Å². The third kappa shape index (κ3) is 5.21. The van der Waals surface area contributed by atoms with E-state index in [2.05, 4.69) is 27.3 Å². The number of hydrogen-bond donors (Lipinski definition) is 2. The van der Waals surface area contributed by atoms with Gasteiger partial charge in [-0.25, -0.2) is 0 Å². The van der Waals surface area contributed by atoms with Gasteiger partial charge in [0.2, 0.25) is 0 Å². The van der Waals surface area contributed by atoms with Crippen molar-refractivity contribution in [2.75, 3.05) is 45.7 Å². The third-order valence-electron chi connectivity index (χ3n) is 5.65. The van der Waals surface area contributed by atoms with Crippen LogP contribution in [-0.4, -0.2) is 70.9 Å². The molecule has 0 atom stereocenters. The molecule has 9 heteroatoms. The normalized spacial score (nSPS) is 14.7. The molecule has 172 valence electrons. The van der Waals surface area contributed by atoms with E-state index in [1.165, 1.54) is 7.11 Å². The third-order valence-corrected chi connectivity index (χ3v) is 5.65. The molecule has 0 bridgehead atoms. The molecule has 4 rings (SSSR count). The number of para-hydroxylation sites is 2. The van der Waals surface area contributed by atoms with Crippen LogP contribution in [0.4, 0.5) is 5.69 Å². The number of rotatable bonds is 6. The van der Waals surface area contributed by atoms with Gasteiger partial charge < -0.3 is 20.1 Å². The van der Waals surface area contributed by atoms with Crippen molar-refractivity contribution >= 4 is 11.6 Å². The number of likely N-dealkylation sites (N-methyl/N-ethyl adjacent to an activating group) is 1. The number of methoxy groups -OCH3 is 1. The maximum Gasteiger partial charge on any atom is 0.279 e. The molecule has 1 aliphatic heterocycles. The number of aromatic hydroxyl groups is 1. The molecule has 1 fully saturated rings. The highest BCUT2D eigenvalue weighted by molar-refractivity contribution is 6.04. The maximum atomic E-state index is 12.8. The minimum absolute atomic E-state index is 0.262. The molecule has 0 unspecified atom stereocenters. The van der Waals surface area contributed by atoms with Crippen LogP contribution in [0.2, 0.25) is 0 Å². The molecule has 0 saturated carbocycles. The summed E-state index contributed by atoms with van der Waals surface area (Å²) in [4.78, 5) is 29.9. The first-order valence-electron chi connectivity index (χ1n) is 10.7. The lowest BCUT2D eigenvalue weighted by Gasteiger charge is -2.32. The van der Waals surface area contributed by atoms with E-state index in [-0.39, 0.29) is 5.69 Å². The smallest absolute Gasteiger partial charge is 0.279 e. The predicted octanol–water partition coefficient (Wildman–Crippen LogP) is 1.95. The first-order chi connectivity index (χ1) is 15.9. The molecule has 2 heterocycles. The van der Waals surface area contributed by atoms with Crippen molar-refractivity contribution in [3.63, 3.8) is 0 Å². The Hall–Kier alpha value is -3.69. The Morgan fingerprint density at radius 2 is 1.79 bits per heavy atom. The molecule has 1 saturated heterocycles. The van der Waals surface area contributed by atoms with Gasteiger partial charge in [0.05, 0.1) is 7.11 Å². The number of carbonyl (C=O) groups excluding carboxylic acids is 1. The van der Waals surface area contributed by atoms with Gasteiger partial charge in [0, 0.05) is 44.5 Å². The zero-order chi connectivity index (χ0) is 23.4. The summed E-state index contributed by atoms with van der Waals surface area (Å²) in [5.74, 6) is -0.696. The number of amides is 1. The standard InChI is InChI=1S/C24H27N5O4/c1-27-11-13-28(14-12-27)16-17-7-9-18(10-8-17)25-24(32)23-20(30)15-22(31)29(26-23)19-5-3-4-6-21(19)33-2/h3-10,15,30H,11-14,16H2,1-2H3,(H,25,32). The fourth-order valence-electron chi connectivity index (χ4n) is 3.73. The van der Waals surface area contributed by atoms with Gasteiger partial charge >= 0.3 is 0 Å². The van der Waals surface area contributed by atoms with Crippen LogP contribution in [0.3, 0.4) is 0 Å². The lowest BCUT2D eigenvalue weighted by Crippen LogP contribution is -2.43. The summed E-state index contributed by atoms with van der Waals surface area (Å²) >= 11 is 0. The zero-order valence-corrected chi connectivity index (χ0v) is 18.7. The summed E-state index contributed by atoms with van der Waals surface area (Å²) in [6.45, 7) is 5.03. The van der Waals surface area contributed by atoms with Crippen LogP contribution in [0.5, 0.6) is 11.5 Å². The van der Waals surface area contributed by atoms with Crippen molar-refractivity contribution in [2.45, 2.75) is 6.54 Å². The van der Waals surface area contributed by atoms with Gasteiger partial charge in [-0.2, -0.15) is 9.78 Å². The number of ether oxygens (including phenoxy) is 1. The van der Waals surface area contributed by atoms with Gasteiger partial charge in [-0.1, -0.05) is 24.3 Å². The molecule has 1 aliphatic rings. The number of hydrogen-bond acceptors (Lipinski definition) is 7. The molecule has 3 aromatic rings. The number of aromatic nitrogens is 2. The number of benzene rings is 2. The molecule has 9 nitrogen and oxygen atoms in total. The minimum atomic E-state index is -0.622. The fourth-order valence-corrected chi connectivity index (χ4v) is 3.73. The highest BCUT2D eigenvalue weighted by atomic mass is 16.5. The Morgan fingerprint density at radius 1 is 1.09 bits per heavy atom. The van der Waals surface area contributed by atoms with Crippen LogP contribution in [-0.2, 0) is 6.54 Å². The van der Waals surface area contributed by atoms with Crippen LogP contribution in [0.1, 0.15) is 16.1 Å². The van der Waals surface area contributed by atoms with Crippen LogP contribution in [0, 0.1) is 0 Å².